The Morgan fingerprint density at radius 2 is 1.75 bits per heavy atom. The van der Waals surface area contributed by atoms with E-state index in [0.717, 1.165) is 29.5 Å². The lowest BCUT2D eigenvalue weighted by molar-refractivity contribution is -0.132. The Bertz CT molecular complexity index is 848. The summed E-state index contributed by atoms with van der Waals surface area (Å²) >= 11 is 0. The summed E-state index contributed by atoms with van der Waals surface area (Å²) in [5, 5.41) is 10.7. The van der Waals surface area contributed by atoms with Crippen LogP contribution in [0.25, 0.3) is 12.2 Å². The quantitative estimate of drug-likeness (QED) is 0.493. The Morgan fingerprint density at radius 3 is 2.25 bits per heavy atom. The Balaban J connectivity index is 0.00000118. The summed E-state index contributed by atoms with van der Waals surface area (Å²) in [6.45, 7) is 11.6. The van der Waals surface area contributed by atoms with Crippen LogP contribution in [0, 0.1) is 11.3 Å². The van der Waals surface area contributed by atoms with Crippen molar-refractivity contribution >= 4 is 24.0 Å². The molecular formula is C26H39N3O3. The van der Waals surface area contributed by atoms with Crippen LogP contribution in [0.5, 0.6) is 0 Å². The molecule has 32 heavy (non-hydrogen) atoms. The minimum atomic E-state index is -0.756. The van der Waals surface area contributed by atoms with Gasteiger partial charge in [0.05, 0.1) is 0 Å². The first-order valence-electron chi connectivity index (χ1n) is 11.1. The number of rotatable bonds is 8. The average molecular weight is 442 g/mol. The maximum absolute atomic E-state index is 12.9. The normalized spacial score (nSPS) is 14.3. The Kier molecular flexibility index (Phi) is 10.9. The predicted molar refractivity (Wildman–Crippen MR) is 132 cm³/mol. The largest absolute Gasteiger partial charge is 0.402 e. The number of primary amides is 1. The molecule has 6 heteroatoms. The molecule has 1 aliphatic carbocycles. The van der Waals surface area contributed by atoms with Crippen molar-refractivity contribution < 1.29 is 14.7 Å². The number of aliphatic hydroxyl groups is 1. The van der Waals surface area contributed by atoms with Crippen molar-refractivity contribution in [3.05, 3.63) is 59.3 Å². The number of hydrogen-bond acceptors (Lipinski definition) is 4. The summed E-state index contributed by atoms with van der Waals surface area (Å²) in [6.07, 6.45) is 11.1. The lowest BCUT2D eigenvalue weighted by atomic mass is 9.85. The molecule has 0 saturated carbocycles. The van der Waals surface area contributed by atoms with Crippen LogP contribution in [-0.4, -0.2) is 29.6 Å². The zero-order valence-corrected chi connectivity index (χ0v) is 19.9. The molecule has 2 rings (SSSR count). The van der Waals surface area contributed by atoms with Crippen molar-refractivity contribution in [3.63, 3.8) is 0 Å². The molecule has 1 aromatic carbocycles. The highest BCUT2D eigenvalue weighted by Gasteiger charge is 2.33. The zero-order chi connectivity index (χ0) is 24.3. The van der Waals surface area contributed by atoms with E-state index in [-0.39, 0.29) is 5.91 Å². The van der Waals surface area contributed by atoms with Crippen LogP contribution in [0.3, 0.4) is 0 Å². The van der Waals surface area contributed by atoms with E-state index in [2.05, 4.69) is 48.3 Å². The lowest BCUT2D eigenvalue weighted by Crippen LogP contribution is -2.53. The van der Waals surface area contributed by atoms with E-state index in [0.29, 0.717) is 25.1 Å². The van der Waals surface area contributed by atoms with Crippen LogP contribution in [0.4, 0.5) is 0 Å². The molecule has 6 N–H and O–H groups in total. The van der Waals surface area contributed by atoms with Crippen LogP contribution < -0.4 is 16.8 Å². The zero-order valence-electron chi connectivity index (χ0n) is 19.9. The number of benzene rings is 1. The van der Waals surface area contributed by atoms with Gasteiger partial charge in [0.15, 0.2) is 0 Å². The van der Waals surface area contributed by atoms with Gasteiger partial charge in [-0.15, -0.1) is 0 Å². The molecule has 1 aliphatic rings. The maximum Gasteiger partial charge on any atom is 0.240 e. The number of nitrogens with one attached hydrogen (secondary N) is 1. The smallest absolute Gasteiger partial charge is 0.240 e. The van der Waals surface area contributed by atoms with Gasteiger partial charge in [0, 0.05) is 18.2 Å². The molecule has 6 nitrogen and oxygen atoms in total. The minimum Gasteiger partial charge on any atom is -0.402 e. The lowest BCUT2D eigenvalue weighted by Gasteiger charge is -2.30. The second-order valence-corrected chi connectivity index (χ2v) is 9.20. The highest BCUT2D eigenvalue weighted by atomic mass is 16.2. The summed E-state index contributed by atoms with van der Waals surface area (Å²) < 4.78 is 0. The molecule has 0 spiro atoms. The number of carbonyl (C=O) groups excluding carboxylic acids is 2. The number of allylic oxidation sites excluding steroid dienone is 3. The van der Waals surface area contributed by atoms with Crippen molar-refractivity contribution in [1.82, 2.24) is 5.32 Å². The highest BCUT2D eigenvalue weighted by molar-refractivity contribution is 5.88. The van der Waals surface area contributed by atoms with Gasteiger partial charge in [0.1, 0.15) is 6.04 Å². The van der Waals surface area contributed by atoms with E-state index < -0.39 is 23.3 Å². The maximum atomic E-state index is 12.9. The van der Waals surface area contributed by atoms with Crippen LogP contribution >= 0.6 is 0 Å². The number of nitrogens with two attached hydrogens (primary N) is 2. The van der Waals surface area contributed by atoms with E-state index in [1.54, 1.807) is 0 Å². The van der Waals surface area contributed by atoms with Gasteiger partial charge in [-0.2, -0.15) is 0 Å². The van der Waals surface area contributed by atoms with E-state index in [1.165, 1.54) is 0 Å². The summed E-state index contributed by atoms with van der Waals surface area (Å²) in [5.74, 6) is -1.21. The third-order valence-corrected chi connectivity index (χ3v) is 5.04. The summed E-state index contributed by atoms with van der Waals surface area (Å²) in [5.41, 5.74) is 14.6. The number of aliphatic hydroxyl groups excluding tert-OH is 1. The van der Waals surface area contributed by atoms with Gasteiger partial charge in [0.2, 0.25) is 11.8 Å². The van der Waals surface area contributed by atoms with Gasteiger partial charge < -0.3 is 21.9 Å². The standard InChI is InChI=1S/C23H31N3O2.C3H8O/c1-15(24)12-19(22(28)26-20(21(25)27)23(2,3)4)14-16-10-11-17-8-6-5-7-9-18(17)13-16;1-2-3-4/h6-11,13,19-20H,1,5,12,14,24H2,2-4H3,(H2,25,27)(H,26,28);4H,2-3H2,1H3. The molecule has 0 aliphatic heterocycles. The fourth-order valence-corrected chi connectivity index (χ4v) is 3.35. The molecule has 2 amide bonds. The first-order chi connectivity index (χ1) is 15.0. The van der Waals surface area contributed by atoms with Crippen molar-refractivity contribution in [2.75, 3.05) is 6.61 Å². The second-order valence-electron chi connectivity index (χ2n) is 9.20. The van der Waals surface area contributed by atoms with Crippen molar-refractivity contribution in [2.45, 2.75) is 59.4 Å². The molecule has 0 bridgehead atoms. The first kappa shape index (κ1) is 27.2. The molecule has 1 aromatic rings. The van der Waals surface area contributed by atoms with E-state index in [1.807, 2.05) is 33.8 Å². The minimum absolute atomic E-state index is 0.240. The number of carbonyl (C=O) groups is 2. The van der Waals surface area contributed by atoms with E-state index >= 15 is 0 Å². The average Bonchev–Trinajstić information content (AvgIpc) is 2.95. The van der Waals surface area contributed by atoms with Gasteiger partial charge in [-0.25, -0.2) is 0 Å². The van der Waals surface area contributed by atoms with Gasteiger partial charge in [0.25, 0.3) is 0 Å². The molecular weight excluding hydrogens is 402 g/mol. The topological polar surface area (TPSA) is 118 Å². The Labute approximate surface area is 192 Å². The molecule has 0 fully saturated rings. The third-order valence-electron chi connectivity index (χ3n) is 5.04. The first-order valence-corrected chi connectivity index (χ1v) is 11.1. The monoisotopic (exact) mass is 441 g/mol. The number of fused-ring (bicyclic) bond motifs is 1. The van der Waals surface area contributed by atoms with Crippen molar-refractivity contribution in [2.24, 2.45) is 22.8 Å². The molecule has 0 aromatic heterocycles. The van der Waals surface area contributed by atoms with Crippen LogP contribution in [0.1, 0.15) is 63.6 Å². The van der Waals surface area contributed by atoms with Gasteiger partial charge in [-0.1, -0.05) is 76.8 Å². The van der Waals surface area contributed by atoms with E-state index in [9.17, 15) is 9.59 Å². The van der Waals surface area contributed by atoms with Gasteiger partial charge in [-0.05, 0) is 47.8 Å². The van der Waals surface area contributed by atoms with Crippen LogP contribution in [0.2, 0.25) is 0 Å². The van der Waals surface area contributed by atoms with Gasteiger partial charge in [-0.3, -0.25) is 9.59 Å². The van der Waals surface area contributed by atoms with E-state index in [4.69, 9.17) is 16.6 Å². The fourth-order valence-electron chi connectivity index (χ4n) is 3.35. The molecule has 0 radical (unpaired) electrons. The predicted octanol–water partition coefficient (Wildman–Crippen LogP) is 3.54. The summed E-state index contributed by atoms with van der Waals surface area (Å²) in [4.78, 5) is 24.8. The highest BCUT2D eigenvalue weighted by Crippen LogP contribution is 2.24. The SMILES string of the molecule is C=C(N)CC(Cc1ccc2c(c1)C=CCC=C2)C(=O)NC(C(N)=O)C(C)(C)C.CCCO. The van der Waals surface area contributed by atoms with Crippen molar-refractivity contribution in [3.8, 4) is 0 Å². The molecule has 0 saturated heterocycles. The Morgan fingerprint density at radius 1 is 1.16 bits per heavy atom. The second kappa shape index (κ2) is 12.9. The molecule has 2 unspecified atom stereocenters. The Hall–Kier alpha value is -2.86. The number of hydrogen-bond donors (Lipinski definition) is 4. The van der Waals surface area contributed by atoms with Crippen LogP contribution in [-0.2, 0) is 16.0 Å². The molecule has 0 heterocycles. The third kappa shape index (κ3) is 9.10. The number of amides is 2. The summed E-state index contributed by atoms with van der Waals surface area (Å²) in [6, 6.07) is 5.42. The fraction of sp³-hybridized carbons (Fsp3) is 0.462. The van der Waals surface area contributed by atoms with Crippen LogP contribution in [0.15, 0.2) is 42.6 Å². The van der Waals surface area contributed by atoms with Gasteiger partial charge >= 0.3 is 0 Å². The summed E-state index contributed by atoms with van der Waals surface area (Å²) in [7, 11) is 0. The molecule has 176 valence electrons. The van der Waals surface area contributed by atoms with Crippen molar-refractivity contribution in [1.29, 1.82) is 0 Å². The molecule has 2 atom stereocenters.